The number of fused-ring (bicyclic) bond motifs is 6. The number of carbonyl (C=O) groups is 1. The molecule has 268 valence electrons. The number of rotatable bonds is 10. The minimum atomic E-state index is -0.748. The number of benzene rings is 1. The SMILES string of the molecule is COc1cc(NC(C)CCCN)c2ncccc2c1.C[C@H](CCC(=O)O)[C@H]1CC[C@H]2[C@@H]3[C@H](O)C[C@@H]4C[C@H](O)CC[C@]4(C)[C@H]3C[C@H](O)[C@]12C. The number of aliphatic hydroxyl groups is 3. The maximum atomic E-state index is 11.5. The van der Waals surface area contributed by atoms with Crippen LogP contribution in [0.4, 0.5) is 5.69 Å². The number of nitrogens with zero attached hydrogens (tertiary/aromatic N) is 1. The van der Waals surface area contributed by atoms with E-state index < -0.39 is 12.1 Å². The number of carboxylic acids is 1. The summed E-state index contributed by atoms with van der Waals surface area (Å²) < 4.78 is 5.34. The zero-order valence-corrected chi connectivity index (χ0v) is 29.8. The van der Waals surface area contributed by atoms with Gasteiger partial charge in [-0.25, -0.2) is 0 Å². The van der Waals surface area contributed by atoms with Crippen LogP contribution in [0, 0.1) is 46.3 Å². The topological polar surface area (TPSA) is 158 Å². The lowest BCUT2D eigenvalue weighted by molar-refractivity contribution is -0.207. The lowest BCUT2D eigenvalue weighted by Gasteiger charge is -2.63. The third-order valence-electron chi connectivity index (χ3n) is 13.5. The van der Waals surface area contributed by atoms with E-state index in [0.29, 0.717) is 36.1 Å². The summed E-state index contributed by atoms with van der Waals surface area (Å²) in [6, 6.07) is 8.33. The van der Waals surface area contributed by atoms with E-state index in [1.165, 1.54) is 0 Å². The summed E-state index contributed by atoms with van der Waals surface area (Å²) in [6.45, 7) is 9.61. The number of nitrogens with one attached hydrogen (secondary N) is 1. The van der Waals surface area contributed by atoms with Crippen molar-refractivity contribution in [3.8, 4) is 5.75 Å². The first-order valence-electron chi connectivity index (χ1n) is 18.5. The van der Waals surface area contributed by atoms with Gasteiger partial charge in [-0.05, 0) is 136 Å². The summed E-state index contributed by atoms with van der Waals surface area (Å²) in [4.78, 5) is 15.5. The van der Waals surface area contributed by atoms with Crippen molar-refractivity contribution < 1.29 is 30.0 Å². The van der Waals surface area contributed by atoms with Gasteiger partial charge in [0.25, 0.3) is 0 Å². The van der Waals surface area contributed by atoms with Gasteiger partial charge in [0.05, 0.1) is 36.6 Å². The molecule has 4 aliphatic carbocycles. The molecule has 12 atom stereocenters. The Morgan fingerprint density at radius 3 is 2.56 bits per heavy atom. The first kappa shape index (κ1) is 36.8. The van der Waals surface area contributed by atoms with Crippen LogP contribution in [-0.4, -0.2) is 69.4 Å². The molecule has 0 bridgehead atoms. The second-order valence-electron chi connectivity index (χ2n) is 16.2. The lowest BCUT2D eigenvalue weighted by atomic mass is 9.43. The van der Waals surface area contributed by atoms with Crippen LogP contribution in [0.25, 0.3) is 10.9 Å². The van der Waals surface area contributed by atoms with Crippen molar-refractivity contribution in [2.45, 2.75) is 123 Å². The minimum Gasteiger partial charge on any atom is -0.497 e. The highest BCUT2D eigenvalue weighted by molar-refractivity contribution is 5.91. The number of ether oxygens (including phenoxy) is 1. The van der Waals surface area contributed by atoms with E-state index in [2.05, 4.69) is 38.0 Å². The third-order valence-corrected chi connectivity index (χ3v) is 13.5. The fraction of sp³-hybridized carbons (Fsp3) is 0.744. The quantitative estimate of drug-likeness (QED) is 0.173. The van der Waals surface area contributed by atoms with Gasteiger partial charge in [0.2, 0.25) is 0 Å². The van der Waals surface area contributed by atoms with Crippen molar-refractivity contribution in [2.24, 2.45) is 52.1 Å². The molecular formula is C39H61N3O6. The molecule has 1 aromatic carbocycles. The van der Waals surface area contributed by atoms with E-state index in [1.807, 2.05) is 30.5 Å². The van der Waals surface area contributed by atoms with Crippen molar-refractivity contribution in [2.75, 3.05) is 19.0 Å². The molecule has 1 heterocycles. The van der Waals surface area contributed by atoms with E-state index in [0.717, 1.165) is 86.7 Å². The van der Waals surface area contributed by atoms with Crippen molar-refractivity contribution >= 4 is 22.6 Å². The molecule has 48 heavy (non-hydrogen) atoms. The molecule has 6 rings (SSSR count). The van der Waals surface area contributed by atoms with Crippen molar-refractivity contribution in [1.29, 1.82) is 0 Å². The fourth-order valence-electron chi connectivity index (χ4n) is 10.8. The number of anilines is 1. The third kappa shape index (κ3) is 7.21. The molecule has 1 unspecified atom stereocenters. The molecule has 0 radical (unpaired) electrons. The zero-order chi connectivity index (χ0) is 34.8. The molecule has 2 aromatic rings. The molecule has 4 saturated carbocycles. The average molecular weight is 668 g/mol. The van der Waals surface area contributed by atoms with Crippen LogP contribution in [0.2, 0.25) is 0 Å². The number of aliphatic hydroxyl groups excluding tert-OH is 3. The largest absolute Gasteiger partial charge is 0.497 e. The Kier molecular flexibility index (Phi) is 11.7. The highest BCUT2D eigenvalue weighted by Crippen LogP contribution is 2.68. The summed E-state index contributed by atoms with van der Waals surface area (Å²) in [5, 5.41) is 46.6. The second-order valence-corrected chi connectivity index (χ2v) is 16.2. The van der Waals surface area contributed by atoms with Crippen molar-refractivity contribution in [1.82, 2.24) is 4.98 Å². The van der Waals surface area contributed by atoms with Crippen LogP contribution in [0.1, 0.15) is 98.3 Å². The molecule has 0 amide bonds. The van der Waals surface area contributed by atoms with E-state index in [9.17, 15) is 20.1 Å². The molecule has 0 saturated heterocycles. The highest BCUT2D eigenvalue weighted by atomic mass is 16.5. The summed E-state index contributed by atoms with van der Waals surface area (Å²) in [6.07, 6.45) is 9.87. The van der Waals surface area contributed by atoms with Crippen molar-refractivity contribution in [3.63, 3.8) is 0 Å². The molecule has 0 spiro atoms. The van der Waals surface area contributed by atoms with Crippen LogP contribution in [-0.2, 0) is 4.79 Å². The van der Waals surface area contributed by atoms with Gasteiger partial charge in [0.1, 0.15) is 5.75 Å². The van der Waals surface area contributed by atoms with Gasteiger partial charge in [-0.15, -0.1) is 0 Å². The second kappa shape index (κ2) is 15.2. The smallest absolute Gasteiger partial charge is 0.303 e. The van der Waals surface area contributed by atoms with Gasteiger partial charge in [-0.3, -0.25) is 9.78 Å². The highest BCUT2D eigenvalue weighted by Gasteiger charge is 2.65. The maximum absolute atomic E-state index is 11.5. The number of aromatic nitrogens is 1. The molecule has 4 aliphatic rings. The van der Waals surface area contributed by atoms with Gasteiger partial charge in [-0.2, -0.15) is 0 Å². The first-order chi connectivity index (χ1) is 22.8. The molecule has 7 N–H and O–H groups in total. The molecule has 9 nitrogen and oxygen atoms in total. The molecule has 0 aliphatic heterocycles. The van der Waals surface area contributed by atoms with Crippen LogP contribution < -0.4 is 15.8 Å². The van der Waals surface area contributed by atoms with Gasteiger partial charge in [0, 0.05) is 30.1 Å². The maximum Gasteiger partial charge on any atom is 0.303 e. The zero-order valence-electron chi connectivity index (χ0n) is 29.8. The summed E-state index contributed by atoms with van der Waals surface area (Å²) >= 11 is 0. The number of hydrogen-bond acceptors (Lipinski definition) is 8. The monoisotopic (exact) mass is 667 g/mol. The van der Waals surface area contributed by atoms with Gasteiger partial charge in [-0.1, -0.05) is 26.8 Å². The molecule has 1 aromatic heterocycles. The van der Waals surface area contributed by atoms with E-state index in [1.54, 1.807) is 7.11 Å². The predicted octanol–water partition coefficient (Wildman–Crippen LogP) is 6.23. The predicted molar refractivity (Wildman–Crippen MR) is 190 cm³/mol. The Hall–Kier alpha value is -2.46. The Bertz CT molecular complexity index is 1390. The summed E-state index contributed by atoms with van der Waals surface area (Å²) in [5.74, 6) is 1.84. The molecular weight excluding hydrogens is 606 g/mol. The molecule has 9 heteroatoms. The summed E-state index contributed by atoms with van der Waals surface area (Å²) in [5.41, 5.74) is 7.39. The van der Waals surface area contributed by atoms with Crippen LogP contribution in [0.3, 0.4) is 0 Å². The molecule has 4 fully saturated rings. The summed E-state index contributed by atoms with van der Waals surface area (Å²) in [7, 11) is 1.68. The number of methoxy groups -OCH3 is 1. The van der Waals surface area contributed by atoms with Gasteiger partial charge < -0.3 is 36.2 Å². The van der Waals surface area contributed by atoms with E-state index in [-0.39, 0.29) is 41.3 Å². The van der Waals surface area contributed by atoms with E-state index >= 15 is 0 Å². The minimum absolute atomic E-state index is 0.0957. The number of hydrogen-bond donors (Lipinski definition) is 6. The number of nitrogens with two attached hydrogens (primary N) is 1. The van der Waals surface area contributed by atoms with Gasteiger partial charge in [0.15, 0.2) is 0 Å². The van der Waals surface area contributed by atoms with Crippen LogP contribution in [0.15, 0.2) is 30.5 Å². The Morgan fingerprint density at radius 2 is 1.85 bits per heavy atom. The average Bonchev–Trinajstić information content (AvgIpc) is 3.42. The normalized spacial score (nSPS) is 36.9. The van der Waals surface area contributed by atoms with Gasteiger partial charge >= 0.3 is 5.97 Å². The Labute approximate surface area is 287 Å². The lowest BCUT2D eigenvalue weighted by Crippen LogP contribution is -2.62. The first-order valence-corrected chi connectivity index (χ1v) is 18.5. The Balaban J connectivity index is 0.000000206. The standard InChI is InChI=1S/C24H40O5.C15H21N3O/c1-13(4-7-21(28)29)16-5-6-17-22-18(12-20(27)24(16,17)3)23(2)9-8-15(25)10-14(23)11-19(22)26;1-11(5-3-7-16)18-14-10-13(19-2)9-12-6-4-8-17-15(12)14/h13-20,22,25-27H,4-12H2,1-3H3,(H,28,29);4,6,8-11,18H,3,5,7,16H2,1-2H3/t13-,14+,15-,16-,17+,18+,19-,20+,22+,23+,24-;/m1./s1. The Morgan fingerprint density at radius 1 is 1.08 bits per heavy atom. The van der Waals surface area contributed by atoms with Crippen LogP contribution in [0.5, 0.6) is 5.75 Å². The van der Waals surface area contributed by atoms with Crippen LogP contribution >= 0.6 is 0 Å². The number of aliphatic carboxylic acids is 1. The van der Waals surface area contributed by atoms with Crippen molar-refractivity contribution in [3.05, 3.63) is 30.5 Å². The van der Waals surface area contributed by atoms with E-state index in [4.69, 9.17) is 15.6 Å². The fourth-order valence-corrected chi connectivity index (χ4v) is 10.8. The number of pyridine rings is 1. The number of carboxylic acid groups (broad SMARTS) is 1.